The molecule has 0 spiro atoms. The van der Waals surface area contributed by atoms with Gasteiger partial charge in [0.05, 0.1) is 36.4 Å². The highest BCUT2D eigenvalue weighted by Crippen LogP contribution is 2.25. The third-order valence-electron chi connectivity index (χ3n) is 5.11. The van der Waals surface area contributed by atoms with Gasteiger partial charge < -0.3 is 9.47 Å². The number of carbonyl (C=O) groups excluding carboxylic acids is 2. The summed E-state index contributed by atoms with van der Waals surface area (Å²) in [6.45, 7) is 0. The van der Waals surface area contributed by atoms with Gasteiger partial charge in [0.1, 0.15) is 0 Å². The van der Waals surface area contributed by atoms with Crippen molar-refractivity contribution in [1.29, 1.82) is 0 Å². The Labute approximate surface area is 172 Å². The van der Waals surface area contributed by atoms with Crippen LogP contribution in [0.5, 0.6) is 0 Å². The van der Waals surface area contributed by atoms with Crippen molar-refractivity contribution in [3.05, 3.63) is 99.3 Å². The topological polar surface area (TPSA) is 74.1 Å². The molecular weight excluding hydrogens is 382 g/mol. The lowest BCUT2D eigenvalue weighted by Crippen LogP contribution is -2.28. The van der Waals surface area contributed by atoms with Gasteiger partial charge in [-0.25, -0.2) is 9.59 Å². The number of hydrogen-bond acceptors (Lipinski definition) is 5. The van der Waals surface area contributed by atoms with Crippen molar-refractivity contribution in [2.75, 3.05) is 14.2 Å². The first-order chi connectivity index (χ1) is 14.6. The zero-order valence-electron chi connectivity index (χ0n) is 16.5. The van der Waals surface area contributed by atoms with Crippen LogP contribution in [0.2, 0.25) is 0 Å². The second kappa shape index (κ2) is 7.83. The molecule has 2 aromatic carbocycles. The summed E-state index contributed by atoms with van der Waals surface area (Å²) in [4.78, 5) is 39.2. The molecular formula is C24H19NO5. The number of nitrogens with zero attached hydrogens (tertiary/aromatic N) is 1. The number of pyridine rings is 2. The summed E-state index contributed by atoms with van der Waals surface area (Å²) in [5, 5.41) is 0.833. The largest absolute Gasteiger partial charge is 0.465 e. The van der Waals surface area contributed by atoms with E-state index in [1.807, 2.05) is 48.5 Å². The maximum Gasteiger partial charge on any atom is 0.340 e. The van der Waals surface area contributed by atoms with Gasteiger partial charge in [-0.1, -0.05) is 54.6 Å². The summed E-state index contributed by atoms with van der Waals surface area (Å²) in [6, 6.07) is 20.1. The van der Waals surface area contributed by atoms with Crippen LogP contribution in [0.1, 0.15) is 31.8 Å². The zero-order chi connectivity index (χ0) is 21.3. The van der Waals surface area contributed by atoms with E-state index in [-0.39, 0.29) is 28.7 Å². The Morgan fingerprint density at radius 3 is 2.10 bits per heavy atom. The molecule has 0 bridgehead atoms. The van der Waals surface area contributed by atoms with Crippen LogP contribution in [0.3, 0.4) is 0 Å². The number of esters is 2. The second-order valence-corrected chi connectivity index (χ2v) is 6.79. The van der Waals surface area contributed by atoms with Crippen molar-refractivity contribution in [3.63, 3.8) is 0 Å². The highest BCUT2D eigenvalue weighted by Gasteiger charge is 2.29. The third kappa shape index (κ3) is 3.12. The lowest BCUT2D eigenvalue weighted by molar-refractivity contribution is 0.0555. The van der Waals surface area contributed by atoms with Crippen LogP contribution in [0.4, 0.5) is 0 Å². The van der Waals surface area contributed by atoms with E-state index < -0.39 is 11.9 Å². The van der Waals surface area contributed by atoms with Crippen molar-refractivity contribution in [2.24, 2.45) is 0 Å². The average Bonchev–Trinajstić information content (AvgIpc) is 2.79. The van der Waals surface area contributed by atoms with E-state index in [0.717, 1.165) is 10.9 Å². The van der Waals surface area contributed by atoms with Crippen molar-refractivity contribution >= 4 is 28.4 Å². The van der Waals surface area contributed by atoms with Crippen molar-refractivity contribution < 1.29 is 19.1 Å². The smallest absolute Gasteiger partial charge is 0.340 e. The van der Waals surface area contributed by atoms with Crippen LogP contribution in [-0.4, -0.2) is 30.6 Å². The molecule has 0 fully saturated rings. The molecule has 0 saturated heterocycles. The molecule has 4 rings (SSSR count). The van der Waals surface area contributed by atoms with Gasteiger partial charge in [-0.2, -0.15) is 0 Å². The van der Waals surface area contributed by atoms with E-state index in [0.29, 0.717) is 11.0 Å². The quantitative estimate of drug-likeness (QED) is 0.386. The summed E-state index contributed by atoms with van der Waals surface area (Å²) in [5.74, 6) is -1.47. The van der Waals surface area contributed by atoms with Crippen molar-refractivity contribution in [3.8, 4) is 0 Å². The molecule has 0 amide bonds. The zero-order valence-corrected chi connectivity index (χ0v) is 16.5. The van der Waals surface area contributed by atoms with Crippen LogP contribution in [0, 0.1) is 0 Å². The predicted molar refractivity (Wildman–Crippen MR) is 113 cm³/mol. The molecule has 0 unspecified atom stereocenters. The Hall–Kier alpha value is -3.93. The third-order valence-corrected chi connectivity index (χ3v) is 5.11. The lowest BCUT2D eigenvalue weighted by Gasteiger charge is -2.17. The summed E-state index contributed by atoms with van der Waals surface area (Å²) in [5.41, 5.74) is 1.52. The second-order valence-electron chi connectivity index (χ2n) is 6.79. The van der Waals surface area contributed by atoms with Crippen LogP contribution in [-0.2, 0) is 15.9 Å². The molecule has 0 aliphatic carbocycles. The minimum Gasteiger partial charge on any atom is -0.465 e. The van der Waals surface area contributed by atoms with Crippen LogP contribution < -0.4 is 5.56 Å². The van der Waals surface area contributed by atoms with E-state index in [2.05, 4.69) is 0 Å². The van der Waals surface area contributed by atoms with Crippen LogP contribution >= 0.6 is 0 Å². The van der Waals surface area contributed by atoms with Gasteiger partial charge in [0.25, 0.3) is 5.56 Å². The molecule has 6 nitrogen and oxygen atoms in total. The number of methoxy groups -OCH3 is 2. The van der Waals surface area contributed by atoms with Gasteiger partial charge in [-0.3, -0.25) is 9.20 Å². The van der Waals surface area contributed by atoms with Gasteiger partial charge in [-0.15, -0.1) is 0 Å². The maximum absolute atomic E-state index is 13.7. The van der Waals surface area contributed by atoms with E-state index in [1.54, 1.807) is 18.2 Å². The summed E-state index contributed by atoms with van der Waals surface area (Å²) in [7, 11) is 2.46. The highest BCUT2D eigenvalue weighted by atomic mass is 16.5. The SMILES string of the molecule is COC(=O)c1c(Cc2ccccc2)c(=O)n2c(ccc3ccccc32)c1C(=O)OC. The minimum absolute atomic E-state index is 0.0145. The Balaban J connectivity index is 2.20. The molecule has 0 aliphatic rings. The number of carbonyl (C=O) groups is 2. The Bertz CT molecular complexity index is 1340. The van der Waals surface area contributed by atoms with Gasteiger partial charge in [0.15, 0.2) is 0 Å². The monoisotopic (exact) mass is 401 g/mol. The fraction of sp³-hybridized carbons (Fsp3) is 0.125. The predicted octanol–water partition coefficient (Wildman–Crippen LogP) is 3.62. The fourth-order valence-corrected chi connectivity index (χ4v) is 3.74. The highest BCUT2D eigenvalue weighted by molar-refractivity contribution is 6.09. The lowest BCUT2D eigenvalue weighted by atomic mass is 9.95. The molecule has 150 valence electrons. The van der Waals surface area contributed by atoms with E-state index >= 15 is 0 Å². The fourth-order valence-electron chi connectivity index (χ4n) is 3.74. The molecule has 0 radical (unpaired) electrons. The number of aromatic nitrogens is 1. The van der Waals surface area contributed by atoms with E-state index in [4.69, 9.17) is 9.47 Å². The van der Waals surface area contributed by atoms with Gasteiger partial charge in [-0.05, 0) is 23.1 Å². The number of fused-ring (bicyclic) bond motifs is 3. The number of para-hydroxylation sites is 1. The molecule has 0 aliphatic heterocycles. The molecule has 0 atom stereocenters. The molecule has 4 aromatic rings. The van der Waals surface area contributed by atoms with Crippen molar-refractivity contribution in [2.45, 2.75) is 6.42 Å². The molecule has 0 N–H and O–H groups in total. The standard InChI is InChI=1S/C24H19NO5/c1-29-23(27)20-17(14-15-8-4-3-5-9-15)22(26)25-18-11-7-6-10-16(18)12-13-19(25)21(20)24(28)30-2/h3-13H,14H2,1-2H3. The molecule has 30 heavy (non-hydrogen) atoms. The summed E-state index contributed by atoms with van der Waals surface area (Å²) in [6.07, 6.45) is 0.167. The minimum atomic E-state index is -0.755. The number of hydrogen-bond donors (Lipinski definition) is 0. The average molecular weight is 401 g/mol. The molecule has 2 aromatic heterocycles. The van der Waals surface area contributed by atoms with E-state index in [1.165, 1.54) is 18.6 Å². The first-order valence-corrected chi connectivity index (χ1v) is 9.36. The van der Waals surface area contributed by atoms with Gasteiger partial charge in [0, 0.05) is 12.0 Å². The van der Waals surface area contributed by atoms with E-state index in [9.17, 15) is 14.4 Å². The maximum atomic E-state index is 13.7. The molecule has 2 heterocycles. The van der Waals surface area contributed by atoms with Gasteiger partial charge >= 0.3 is 11.9 Å². The van der Waals surface area contributed by atoms with Crippen LogP contribution in [0.15, 0.2) is 71.5 Å². The van der Waals surface area contributed by atoms with Crippen LogP contribution in [0.25, 0.3) is 16.4 Å². The molecule has 0 saturated carbocycles. The normalized spacial score (nSPS) is 10.9. The Morgan fingerprint density at radius 2 is 1.40 bits per heavy atom. The first kappa shape index (κ1) is 19.4. The van der Waals surface area contributed by atoms with Crippen molar-refractivity contribution in [1.82, 2.24) is 4.40 Å². The summed E-state index contributed by atoms with van der Waals surface area (Å²) < 4.78 is 11.4. The van der Waals surface area contributed by atoms with Gasteiger partial charge in [0.2, 0.25) is 0 Å². The Morgan fingerprint density at radius 1 is 0.767 bits per heavy atom. The number of benzene rings is 2. The number of ether oxygens (including phenoxy) is 2. The molecule has 6 heteroatoms. The Kier molecular flexibility index (Phi) is 5.06. The number of rotatable bonds is 4. The summed E-state index contributed by atoms with van der Waals surface area (Å²) >= 11 is 0. The first-order valence-electron chi connectivity index (χ1n) is 9.36.